The van der Waals surface area contributed by atoms with Crippen molar-refractivity contribution in [1.29, 1.82) is 0 Å². The second kappa shape index (κ2) is 9.57. The first-order chi connectivity index (χ1) is 9.31. The van der Waals surface area contributed by atoms with E-state index >= 15 is 0 Å². The maximum Gasteiger partial charge on any atom is 0.190 e. The molecule has 1 fully saturated rings. The summed E-state index contributed by atoms with van der Waals surface area (Å²) in [5.41, 5.74) is 0. The van der Waals surface area contributed by atoms with Gasteiger partial charge in [0.15, 0.2) is 5.96 Å². The van der Waals surface area contributed by atoms with Crippen LogP contribution in [0, 0.1) is 5.92 Å². The number of aliphatic imine (C=N–C) groups is 1. The van der Waals surface area contributed by atoms with Gasteiger partial charge in [0.05, 0.1) is 0 Å². The van der Waals surface area contributed by atoms with Crippen molar-refractivity contribution in [2.45, 2.75) is 19.4 Å². The Labute approximate surface area is 143 Å². The van der Waals surface area contributed by atoms with E-state index in [-0.39, 0.29) is 24.0 Å². The van der Waals surface area contributed by atoms with Gasteiger partial charge in [-0.05, 0) is 43.3 Å². The summed E-state index contributed by atoms with van der Waals surface area (Å²) < 4.78 is 0. The number of halogens is 1. The van der Waals surface area contributed by atoms with Crippen LogP contribution in [-0.4, -0.2) is 44.6 Å². The SMILES string of the molecule is CN=C(NC)NCC1CCN(Cc2cccs2)CC1.I. The first-order valence-corrected chi connectivity index (χ1v) is 7.83. The minimum Gasteiger partial charge on any atom is -0.359 e. The van der Waals surface area contributed by atoms with Crippen molar-refractivity contribution in [2.75, 3.05) is 33.7 Å². The van der Waals surface area contributed by atoms with E-state index in [2.05, 4.69) is 38.0 Å². The number of likely N-dealkylation sites (tertiary alicyclic amines) is 1. The average molecular weight is 408 g/mol. The van der Waals surface area contributed by atoms with Crippen molar-refractivity contribution in [3.8, 4) is 0 Å². The summed E-state index contributed by atoms with van der Waals surface area (Å²) in [6.45, 7) is 4.57. The van der Waals surface area contributed by atoms with E-state index < -0.39 is 0 Å². The van der Waals surface area contributed by atoms with E-state index in [9.17, 15) is 0 Å². The Bertz CT molecular complexity index is 386. The van der Waals surface area contributed by atoms with Crippen LogP contribution in [0.25, 0.3) is 0 Å². The largest absolute Gasteiger partial charge is 0.359 e. The van der Waals surface area contributed by atoms with Gasteiger partial charge >= 0.3 is 0 Å². The number of nitrogens with zero attached hydrogens (tertiary/aromatic N) is 2. The molecule has 2 heterocycles. The molecule has 114 valence electrons. The highest BCUT2D eigenvalue weighted by atomic mass is 127. The number of guanidine groups is 1. The number of rotatable bonds is 4. The molecule has 1 saturated heterocycles. The van der Waals surface area contributed by atoms with Crippen molar-refractivity contribution >= 4 is 41.3 Å². The molecule has 2 N–H and O–H groups in total. The lowest BCUT2D eigenvalue weighted by Crippen LogP contribution is -2.41. The highest BCUT2D eigenvalue weighted by Gasteiger charge is 2.19. The standard InChI is InChI=1S/C14H24N4S.HI/c1-15-14(16-2)17-10-12-5-7-18(8-6-12)11-13-4-3-9-19-13;/h3-4,9,12H,5-8,10-11H2,1-2H3,(H2,15,16,17);1H. The summed E-state index contributed by atoms with van der Waals surface area (Å²) >= 11 is 1.86. The molecule has 0 aromatic carbocycles. The van der Waals surface area contributed by atoms with Crippen LogP contribution in [-0.2, 0) is 6.54 Å². The quantitative estimate of drug-likeness (QED) is 0.457. The Morgan fingerprint density at radius 2 is 2.20 bits per heavy atom. The molecule has 0 radical (unpaired) electrons. The smallest absolute Gasteiger partial charge is 0.190 e. The van der Waals surface area contributed by atoms with Crippen LogP contribution in [0.1, 0.15) is 17.7 Å². The lowest BCUT2D eigenvalue weighted by atomic mass is 9.97. The van der Waals surface area contributed by atoms with Gasteiger partial charge in [0.25, 0.3) is 0 Å². The second-order valence-electron chi connectivity index (χ2n) is 5.00. The summed E-state index contributed by atoms with van der Waals surface area (Å²) in [5, 5.41) is 8.59. The van der Waals surface area contributed by atoms with E-state index in [0.29, 0.717) is 0 Å². The molecule has 20 heavy (non-hydrogen) atoms. The molecule has 1 aromatic rings. The zero-order valence-electron chi connectivity index (χ0n) is 12.3. The molecular weight excluding hydrogens is 383 g/mol. The van der Waals surface area contributed by atoms with Crippen molar-refractivity contribution < 1.29 is 0 Å². The third-order valence-corrected chi connectivity index (χ3v) is 4.55. The second-order valence-corrected chi connectivity index (χ2v) is 6.03. The van der Waals surface area contributed by atoms with Crippen LogP contribution in [0.3, 0.4) is 0 Å². The molecule has 0 spiro atoms. The predicted octanol–water partition coefficient (Wildman–Crippen LogP) is 2.37. The monoisotopic (exact) mass is 408 g/mol. The molecule has 0 saturated carbocycles. The van der Waals surface area contributed by atoms with Crippen LogP contribution < -0.4 is 10.6 Å². The van der Waals surface area contributed by atoms with Crippen molar-refractivity contribution in [3.63, 3.8) is 0 Å². The molecule has 1 aromatic heterocycles. The molecule has 6 heteroatoms. The molecule has 0 aliphatic carbocycles. The van der Waals surface area contributed by atoms with Crippen LogP contribution >= 0.6 is 35.3 Å². The van der Waals surface area contributed by atoms with Gasteiger partial charge in [-0.3, -0.25) is 9.89 Å². The van der Waals surface area contributed by atoms with Crippen LogP contribution in [0.2, 0.25) is 0 Å². The summed E-state index contributed by atoms with van der Waals surface area (Å²) in [6, 6.07) is 4.37. The number of nitrogens with one attached hydrogen (secondary N) is 2. The number of hydrogen-bond donors (Lipinski definition) is 2. The topological polar surface area (TPSA) is 39.7 Å². The van der Waals surface area contributed by atoms with E-state index in [1.807, 2.05) is 25.4 Å². The van der Waals surface area contributed by atoms with Gasteiger partial charge < -0.3 is 10.6 Å². The van der Waals surface area contributed by atoms with E-state index in [4.69, 9.17) is 0 Å². The fourth-order valence-corrected chi connectivity index (χ4v) is 3.24. The van der Waals surface area contributed by atoms with Gasteiger partial charge in [0.2, 0.25) is 0 Å². The molecule has 0 unspecified atom stereocenters. The Morgan fingerprint density at radius 1 is 1.45 bits per heavy atom. The number of thiophene rings is 1. The molecule has 1 aliphatic heterocycles. The van der Waals surface area contributed by atoms with Crippen LogP contribution in [0.15, 0.2) is 22.5 Å². The summed E-state index contributed by atoms with van der Waals surface area (Å²) in [6.07, 6.45) is 2.55. The van der Waals surface area contributed by atoms with E-state index in [0.717, 1.165) is 25.0 Å². The van der Waals surface area contributed by atoms with Gasteiger partial charge in [-0.15, -0.1) is 35.3 Å². The van der Waals surface area contributed by atoms with Crippen molar-refractivity contribution in [2.24, 2.45) is 10.9 Å². The van der Waals surface area contributed by atoms with Gasteiger partial charge in [-0.25, -0.2) is 0 Å². The normalized spacial score (nSPS) is 17.6. The maximum absolute atomic E-state index is 4.14. The predicted molar refractivity (Wildman–Crippen MR) is 98.2 cm³/mol. The summed E-state index contributed by atoms with van der Waals surface area (Å²) in [4.78, 5) is 8.18. The van der Waals surface area contributed by atoms with Gasteiger partial charge in [0, 0.05) is 32.1 Å². The minimum absolute atomic E-state index is 0. The van der Waals surface area contributed by atoms with Crippen molar-refractivity contribution in [1.82, 2.24) is 15.5 Å². The number of piperidine rings is 1. The maximum atomic E-state index is 4.14. The van der Waals surface area contributed by atoms with Crippen LogP contribution in [0.5, 0.6) is 0 Å². The molecule has 2 rings (SSSR count). The highest BCUT2D eigenvalue weighted by molar-refractivity contribution is 14.0. The average Bonchev–Trinajstić information content (AvgIpc) is 2.95. The van der Waals surface area contributed by atoms with Gasteiger partial charge in [-0.1, -0.05) is 6.07 Å². The van der Waals surface area contributed by atoms with Gasteiger partial charge in [0.1, 0.15) is 0 Å². The Kier molecular flexibility index (Phi) is 8.47. The Morgan fingerprint density at radius 3 is 2.75 bits per heavy atom. The molecular formula is C14H25IN4S. The highest BCUT2D eigenvalue weighted by Crippen LogP contribution is 2.20. The lowest BCUT2D eigenvalue weighted by Gasteiger charge is -2.31. The van der Waals surface area contributed by atoms with Crippen molar-refractivity contribution in [3.05, 3.63) is 22.4 Å². The Hall–Kier alpha value is -0.340. The molecule has 4 nitrogen and oxygen atoms in total. The van der Waals surface area contributed by atoms with E-state index in [1.165, 1.54) is 30.8 Å². The molecule has 0 bridgehead atoms. The fourth-order valence-electron chi connectivity index (χ4n) is 2.49. The first-order valence-electron chi connectivity index (χ1n) is 6.95. The minimum atomic E-state index is 0. The Balaban J connectivity index is 0.00000200. The third-order valence-electron chi connectivity index (χ3n) is 3.69. The zero-order valence-corrected chi connectivity index (χ0v) is 15.4. The van der Waals surface area contributed by atoms with Crippen LogP contribution in [0.4, 0.5) is 0 Å². The fraction of sp³-hybridized carbons (Fsp3) is 0.643. The number of hydrogen-bond acceptors (Lipinski definition) is 3. The molecule has 1 aliphatic rings. The summed E-state index contributed by atoms with van der Waals surface area (Å²) in [7, 11) is 3.71. The zero-order chi connectivity index (χ0) is 13.5. The van der Waals surface area contributed by atoms with Gasteiger partial charge in [-0.2, -0.15) is 0 Å². The molecule has 0 amide bonds. The third kappa shape index (κ3) is 5.57. The first kappa shape index (κ1) is 17.7. The molecule has 0 atom stereocenters. The summed E-state index contributed by atoms with van der Waals surface area (Å²) in [5.74, 6) is 1.66. The lowest BCUT2D eigenvalue weighted by molar-refractivity contribution is 0.179. The van der Waals surface area contributed by atoms with E-state index in [1.54, 1.807) is 0 Å².